The fraction of sp³-hybridized carbons (Fsp3) is 0.182. The van der Waals surface area contributed by atoms with Crippen molar-refractivity contribution >= 4 is 11.7 Å². The summed E-state index contributed by atoms with van der Waals surface area (Å²) in [5.41, 5.74) is 3.87. The highest BCUT2D eigenvalue weighted by atomic mass is 16.7. The smallest absolute Gasteiger partial charge is 0.253 e. The number of hydrogen-bond acceptors (Lipinski definition) is 5. The number of fused-ring (bicyclic) bond motifs is 1. The molecule has 2 aromatic carbocycles. The Hall–Kier alpha value is -3.54. The van der Waals surface area contributed by atoms with Crippen LogP contribution in [0.3, 0.4) is 0 Å². The number of benzene rings is 2. The standard InChI is InChI=1S/C22H21N3O3/c1-15-3-2-4-16(9-15)11-23-21-8-6-18(13-24-21)22(26)25-12-17-5-7-19-20(10-17)28-14-27-19/h2-10,13H,11-12,14H2,1H3,(H,23,24)(H,25,26). The first-order chi connectivity index (χ1) is 13.7. The Morgan fingerprint density at radius 1 is 1.00 bits per heavy atom. The Morgan fingerprint density at radius 3 is 2.68 bits per heavy atom. The molecule has 3 aromatic rings. The van der Waals surface area contributed by atoms with Crippen LogP contribution in [0.4, 0.5) is 5.82 Å². The zero-order chi connectivity index (χ0) is 19.3. The Balaban J connectivity index is 1.31. The molecule has 6 nitrogen and oxygen atoms in total. The van der Waals surface area contributed by atoms with Gasteiger partial charge in [-0.3, -0.25) is 4.79 Å². The Bertz CT molecular complexity index is 987. The van der Waals surface area contributed by atoms with Gasteiger partial charge in [-0.05, 0) is 42.3 Å². The molecule has 6 heteroatoms. The summed E-state index contributed by atoms with van der Waals surface area (Å²) < 4.78 is 10.6. The lowest BCUT2D eigenvalue weighted by atomic mass is 10.1. The number of anilines is 1. The van der Waals surface area contributed by atoms with Crippen molar-refractivity contribution in [3.63, 3.8) is 0 Å². The van der Waals surface area contributed by atoms with Gasteiger partial charge in [-0.25, -0.2) is 4.98 Å². The van der Waals surface area contributed by atoms with E-state index in [1.807, 2.05) is 30.3 Å². The third kappa shape index (κ3) is 4.23. The molecule has 1 aromatic heterocycles. The second kappa shape index (κ2) is 8.00. The van der Waals surface area contributed by atoms with E-state index in [9.17, 15) is 4.79 Å². The summed E-state index contributed by atoms with van der Waals surface area (Å²) in [5, 5.41) is 6.16. The average molecular weight is 375 g/mol. The predicted molar refractivity (Wildman–Crippen MR) is 106 cm³/mol. The van der Waals surface area contributed by atoms with Crippen LogP contribution in [0.1, 0.15) is 27.0 Å². The molecular formula is C22H21N3O3. The predicted octanol–water partition coefficient (Wildman–Crippen LogP) is 3.66. The molecule has 0 saturated carbocycles. The average Bonchev–Trinajstić information content (AvgIpc) is 3.19. The van der Waals surface area contributed by atoms with Gasteiger partial charge in [0.2, 0.25) is 6.79 Å². The van der Waals surface area contributed by atoms with E-state index in [2.05, 4.69) is 40.7 Å². The van der Waals surface area contributed by atoms with Crippen LogP contribution in [0.5, 0.6) is 11.5 Å². The molecule has 0 unspecified atom stereocenters. The number of ether oxygens (including phenoxy) is 2. The van der Waals surface area contributed by atoms with Crippen LogP contribution in [0.15, 0.2) is 60.8 Å². The molecule has 0 aliphatic carbocycles. The molecule has 0 saturated heterocycles. The van der Waals surface area contributed by atoms with E-state index in [0.717, 1.165) is 17.1 Å². The normalized spacial score (nSPS) is 11.9. The lowest BCUT2D eigenvalue weighted by Gasteiger charge is -2.08. The van der Waals surface area contributed by atoms with E-state index in [1.165, 1.54) is 11.1 Å². The van der Waals surface area contributed by atoms with Gasteiger partial charge < -0.3 is 20.1 Å². The fourth-order valence-corrected chi connectivity index (χ4v) is 2.98. The second-order valence-electron chi connectivity index (χ2n) is 6.65. The van der Waals surface area contributed by atoms with Crippen LogP contribution in [0.2, 0.25) is 0 Å². The van der Waals surface area contributed by atoms with Crippen LogP contribution in [-0.2, 0) is 13.1 Å². The van der Waals surface area contributed by atoms with Gasteiger partial charge in [-0.15, -0.1) is 0 Å². The molecule has 0 spiro atoms. The number of amides is 1. The minimum absolute atomic E-state index is 0.171. The number of aryl methyl sites for hydroxylation is 1. The zero-order valence-corrected chi connectivity index (χ0v) is 15.6. The van der Waals surface area contributed by atoms with Gasteiger partial charge in [0, 0.05) is 19.3 Å². The molecule has 2 N–H and O–H groups in total. The number of hydrogen-bond donors (Lipinski definition) is 2. The summed E-state index contributed by atoms with van der Waals surface area (Å²) >= 11 is 0. The molecule has 1 aliphatic rings. The number of aromatic nitrogens is 1. The maximum Gasteiger partial charge on any atom is 0.253 e. The van der Waals surface area contributed by atoms with E-state index in [0.29, 0.717) is 24.4 Å². The molecule has 2 heterocycles. The number of carbonyl (C=O) groups excluding carboxylic acids is 1. The van der Waals surface area contributed by atoms with Gasteiger partial charge in [-0.2, -0.15) is 0 Å². The van der Waals surface area contributed by atoms with Crippen molar-refractivity contribution in [1.29, 1.82) is 0 Å². The van der Waals surface area contributed by atoms with Crippen molar-refractivity contribution in [2.24, 2.45) is 0 Å². The summed E-state index contributed by atoms with van der Waals surface area (Å²) in [6, 6.07) is 17.5. The number of pyridine rings is 1. The Morgan fingerprint density at radius 2 is 1.86 bits per heavy atom. The van der Waals surface area contributed by atoms with Crippen molar-refractivity contribution in [1.82, 2.24) is 10.3 Å². The van der Waals surface area contributed by atoms with Gasteiger partial charge in [0.15, 0.2) is 11.5 Å². The molecular weight excluding hydrogens is 354 g/mol. The van der Waals surface area contributed by atoms with E-state index >= 15 is 0 Å². The van der Waals surface area contributed by atoms with Crippen molar-refractivity contribution in [2.75, 3.05) is 12.1 Å². The van der Waals surface area contributed by atoms with Crippen LogP contribution in [0, 0.1) is 6.92 Å². The summed E-state index contributed by atoms with van der Waals surface area (Å²) in [4.78, 5) is 16.7. The lowest BCUT2D eigenvalue weighted by molar-refractivity contribution is 0.0950. The zero-order valence-electron chi connectivity index (χ0n) is 15.6. The quantitative estimate of drug-likeness (QED) is 0.688. The molecule has 0 radical (unpaired) electrons. The SMILES string of the molecule is Cc1cccc(CNc2ccc(C(=O)NCc3ccc4c(c3)OCO4)cn2)c1. The van der Waals surface area contributed by atoms with Crippen LogP contribution >= 0.6 is 0 Å². The number of carbonyl (C=O) groups is 1. The van der Waals surface area contributed by atoms with E-state index < -0.39 is 0 Å². The van der Waals surface area contributed by atoms with Gasteiger partial charge in [0.05, 0.1) is 5.56 Å². The second-order valence-corrected chi connectivity index (χ2v) is 6.65. The van der Waals surface area contributed by atoms with Crippen molar-refractivity contribution in [3.05, 3.63) is 83.0 Å². The van der Waals surface area contributed by atoms with E-state index in [4.69, 9.17) is 9.47 Å². The van der Waals surface area contributed by atoms with Crippen LogP contribution in [0.25, 0.3) is 0 Å². The van der Waals surface area contributed by atoms with E-state index in [-0.39, 0.29) is 12.7 Å². The highest BCUT2D eigenvalue weighted by Crippen LogP contribution is 2.32. The Kier molecular flexibility index (Phi) is 5.10. The molecule has 0 fully saturated rings. The summed E-state index contributed by atoms with van der Waals surface area (Å²) in [5.74, 6) is 2.00. The fourth-order valence-electron chi connectivity index (χ4n) is 2.98. The van der Waals surface area contributed by atoms with Gasteiger partial charge >= 0.3 is 0 Å². The third-order valence-electron chi connectivity index (χ3n) is 4.47. The number of rotatable bonds is 6. The number of nitrogens with one attached hydrogen (secondary N) is 2. The molecule has 142 valence electrons. The maximum atomic E-state index is 12.4. The van der Waals surface area contributed by atoms with Crippen molar-refractivity contribution < 1.29 is 14.3 Å². The molecule has 28 heavy (non-hydrogen) atoms. The molecule has 0 bridgehead atoms. The molecule has 1 aliphatic heterocycles. The summed E-state index contributed by atoms with van der Waals surface area (Å²) in [6.07, 6.45) is 1.58. The molecule has 0 atom stereocenters. The van der Waals surface area contributed by atoms with Crippen molar-refractivity contribution in [3.8, 4) is 11.5 Å². The van der Waals surface area contributed by atoms with E-state index in [1.54, 1.807) is 12.3 Å². The molecule has 1 amide bonds. The monoisotopic (exact) mass is 375 g/mol. The van der Waals surface area contributed by atoms with Gasteiger partial charge in [-0.1, -0.05) is 35.9 Å². The first-order valence-electron chi connectivity index (χ1n) is 9.09. The lowest BCUT2D eigenvalue weighted by Crippen LogP contribution is -2.22. The Labute approximate surface area is 163 Å². The van der Waals surface area contributed by atoms with Gasteiger partial charge in [0.1, 0.15) is 5.82 Å². The van der Waals surface area contributed by atoms with Crippen molar-refractivity contribution in [2.45, 2.75) is 20.0 Å². The first-order valence-corrected chi connectivity index (χ1v) is 9.09. The first kappa shape index (κ1) is 17.9. The largest absolute Gasteiger partial charge is 0.454 e. The van der Waals surface area contributed by atoms with Crippen LogP contribution in [-0.4, -0.2) is 17.7 Å². The highest BCUT2D eigenvalue weighted by Gasteiger charge is 2.13. The minimum atomic E-state index is -0.171. The van der Waals surface area contributed by atoms with Crippen LogP contribution < -0.4 is 20.1 Å². The third-order valence-corrected chi connectivity index (χ3v) is 4.47. The molecule has 4 rings (SSSR count). The number of nitrogens with zero attached hydrogens (tertiary/aromatic N) is 1. The minimum Gasteiger partial charge on any atom is -0.454 e. The summed E-state index contributed by atoms with van der Waals surface area (Å²) in [7, 11) is 0. The topological polar surface area (TPSA) is 72.5 Å². The van der Waals surface area contributed by atoms with Gasteiger partial charge in [0.25, 0.3) is 5.91 Å². The summed E-state index contributed by atoms with van der Waals surface area (Å²) in [6.45, 7) is 3.40. The maximum absolute atomic E-state index is 12.4. The highest BCUT2D eigenvalue weighted by molar-refractivity contribution is 5.94.